The first-order chi connectivity index (χ1) is 31.9. The number of unbranched alkanes of at least 4 members (excludes halogenated alkanes) is 2. The van der Waals surface area contributed by atoms with Gasteiger partial charge < -0.3 is 76.1 Å². The lowest BCUT2D eigenvalue weighted by molar-refractivity contribution is -0.145. The van der Waals surface area contributed by atoms with Crippen LogP contribution in [0.3, 0.4) is 0 Å². The monoisotopic (exact) mass is 971 g/mol. The van der Waals surface area contributed by atoms with Gasteiger partial charge in [-0.3, -0.25) is 47.9 Å². The van der Waals surface area contributed by atoms with Gasteiger partial charge in [-0.1, -0.05) is 60.8 Å². The molecule has 25 nitrogen and oxygen atoms in total. The first-order valence-corrected chi connectivity index (χ1v) is 23.2. The number of carboxylic acids is 2. The van der Waals surface area contributed by atoms with Crippen molar-refractivity contribution in [3.63, 3.8) is 0 Å². The Hall–Kier alpha value is -5.95. The number of rotatable bonds is 36. The lowest BCUT2D eigenvalue weighted by Crippen LogP contribution is -2.62. The van der Waals surface area contributed by atoms with E-state index in [2.05, 4.69) is 37.2 Å². The Labute approximate surface area is 397 Å². The predicted octanol–water partition coefficient (Wildman–Crippen LogP) is -3.20. The number of carboxylic acid groups (broad SMARTS) is 2. The summed E-state index contributed by atoms with van der Waals surface area (Å²) in [6.45, 7) is 10.5. The number of hydrogen-bond acceptors (Lipinski definition) is 14. The molecule has 0 aliphatic carbocycles. The zero-order chi connectivity index (χ0) is 52.3. The fourth-order valence-corrected chi connectivity index (χ4v) is 6.67. The average Bonchev–Trinajstić information content (AvgIpc) is 3.27. The highest BCUT2D eigenvalue weighted by Gasteiger charge is 2.37. The smallest absolute Gasteiger partial charge is 0.326 e. The second-order valence-corrected chi connectivity index (χ2v) is 17.1. The molecule has 0 radical (unpaired) electrons. The molecule has 388 valence electrons. The Morgan fingerprint density at radius 1 is 0.441 bits per heavy atom. The van der Waals surface area contributed by atoms with Gasteiger partial charge in [0.05, 0.1) is 18.9 Å². The van der Waals surface area contributed by atoms with Crippen LogP contribution in [0.4, 0.5) is 0 Å². The van der Waals surface area contributed by atoms with Gasteiger partial charge in [0.25, 0.3) is 0 Å². The molecule has 0 saturated heterocycles. The Bertz CT molecular complexity index is 1720. The van der Waals surface area contributed by atoms with Crippen LogP contribution in [-0.2, 0) is 52.7 Å². The Morgan fingerprint density at radius 2 is 0.794 bits per heavy atom. The standard InChI is InChI=1S/C43H78N12O13/c1-7-22(4)33(54-42(66)34(23(5)8-2)53-39(63)28(20-31(48)57)51-36(60)25(46)16-17-30(47)56)41(65)50-27(15-11-13-19-45)37(61)49-26(14-10-12-18-44)38(62)52-29(21-32(58)59)40(64)55-35(43(67)68)24(6)9-3/h22-29,33-35H,7-21,44-46H2,1-6H3,(H2,47,56)(H2,48,57)(H,49,61)(H,50,65)(H,51,60)(H,52,62)(H,53,63)(H,54,66)(H,55,64)(H,58,59)(H,67,68)/t22-,23-,24-,25-,26-,27-,28-,29-,33-,34-,35-/m0/s1. The summed E-state index contributed by atoms with van der Waals surface area (Å²) < 4.78 is 0. The van der Waals surface area contributed by atoms with Crippen LogP contribution in [-0.4, -0.2) is 137 Å². The van der Waals surface area contributed by atoms with Crippen molar-refractivity contribution in [2.75, 3.05) is 13.1 Å². The van der Waals surface area contributed by atoms with Crippen molar-refractivity contribution < 1.29 is 63.0 Å². The Morgan fingerprint density at radius 3 is 1.19 bits per heavy atom. The van der Waals surface area contributed by atoms with E-state index in [0.717, 1.165) is 0 Å². The summed E-state index contributed by atoms with van der Waals surface area (Å²) in [5.41, 5.74) is 27.7. The number of amides is 9. The second kappa shape index (κ2) is 32.7. The van der Waals surface area contributed by atoms with Crippen molar-refractivity contribution in [2.24, 2.45) is 46.4 Å². The number of nitrogens with one attached hydrogen (secondary N) is 7. The van der Waals surface area contributed by atoms with Gasteiger partial charge >= 0.3 is 11.9 Å². The number of hydrogen-bond donors (Lipinski definition) is 14. The quantitative estimate of drug-likeness (QED) is 0.0275. The van der Waals surface area contributed by atoms with Crippen molar-refractivity contribution in [2.45, 2.75) is 173 Å². The van der Waals surface area contributed by atoms with Gasteiger partial charge in [0.1, 0.15) is 42.3 Å². The molecule has 0 heterocycles. The van der Waals surface area contributed by atoms with Crippen molar-refractivity contribution in [1.29, 1.82) is 0 Å². The zero-order valence-electron chi connectivity index (χ0n) is 40.2. The Balaban J connectivity index is 6.70. The summed E-state index contributed by atoms with van der Waals surface area (Å²) in [5, 5.41) is 36.7. The summed E-state index contributed by atoms with van der Waals surface area (Å²) >= 11 is 0. The van der Waals surface area contributed by atoms with E-state index >= 15 is 0 Å². The minimum absolute atomic E-state index is 0.00797. The van der Waals surface area contributed by atoms with Crippen LogP contribution >= 0.6 is 0 Å². The third-order valence-electron chi connectivity index (χ3n) is 11.6. The molecule has 0 bridgehead atoms. The van der Waals surface area contributed by atoms with E-state index in [1.807, 2.05) is 0 Å². The van der Waals surface area contributed by atoms with E-state index < -0.39 is 144 Å². The number of carbonyl (C=O) groups excluding carboxylic acids is 9. The molecule has 0 saturated carbocycles. The fraction of sp³-hybridized carbons (Fsp3) is 0.744. The molecule has 9 amide bonds. The van der Waals surface area contributed by atoms with Gasteiger partial charge in [-0.2, -0.15) is 0 Å². The molecule has 0 unspecified atom stereocenters. The average molecular weight is 971 g/mol. The first-order valence-electron chi connectivity index (χ1n) is 23.2. The molecule has 25 heteroatoms. The minimum atomic E-state index is -1.74. The third-order valence-corrected chi connectivity index (χ3v) is 11.6. The molecule has 0 fully saturated rings. The van der Waals surface area contributed by atoms with Crippen molar-refractivity contribution in [3.8, 4) is 0 Å². The van der Waals surface area contributed by atoms with Crippen LogP contribution in [0.5, 0.6) is 0 Å². The van der Waals surface area contributed by atoms with Gasteiger partial charge in [-0.05, 0) is 75.8 Å². The minimum Gasteiger partial charge on any atom is -0.481 e. The molecule has 68 heavy (non-hydrogen) atoms. The molecular formula is C43H78N12O13. The molecule has 0 aliphatic rings. The maximum absolute atomic E-state index is 14.2. The molecule has 0 aromatic heterocycles. The molecule has 11 atom stereocenters. The van der Waals surface area contributed by atoms with E-state index in [9.17, 15) is 63.0 Å². The van der Waals surface area contributed by atoms with Gasteiger partial charge in [0, 0.05) is 6.42 Å². The van der Waals surface area contributed by atoms with Crippen molar-refractivity contribution >= 4 is 65.1 Å². The van der Waals surface area contributed by atoms with Crippen LogP contribution in [0, 0.1) is 17.8 Å². The molecule has 0 aromatic rings. The second-order valence-electron chi connectivity index (χ2n) is 17.1. The molecular weight excluding hydrogens is 893 g/mol. The van der Waals surface area contributed by atoms with E-state index in [4.69, 9.17) is 28.7 Å². The van der Waals surface area contributed by atoms with Gasteiger partial charge in [0.15, 0.2) is 0 Å². The number of primary amides is 2. The maximum Gasteiger partial charge on any atom is 0.326 e. The molecule has 0 aliphatic heterocycles. The normalized spacial score (nSPS) is 16.0. The third kappa shape index (κ3) is 23.2. The van der Waals surface area contributed by atoms with Crippen molar-refractivity contribution in [3.05, 3.63) is 0 Å². The van der Waals surface area contributed by atoms with Crippen LogP contribution < -0.4 is 65.9 Å². The highest BCUT2D eigenvalue weighted by atomic mass is 16.4. The fourth-order valence-electron chi connectivity index (χ4n) is 6.67. The van der Waals surface area contributed by atoms with Crippen molar-refractivity contribution in [1.82, 2.24) is 37.2 Å². The van der Waals surface area contributed by atoms with Crippen LogP contribution in [0.25, 0.3) is 0 Å². The highest BCUT2D eigenvalue weighted by Crippen LogP contribution is 2.15. The Kier molecular flexibility index (Phi) is 29.8. The number of carbonyl (C=O) groups is 11. The predicted molar refractivity (Wildman–Crippen MR) is 248 cm³/mol. The number of nitrogens with two attached hydrogens (primary N) is 5. The van der Waals surface area contributed by atoms with Crippen LogP contribution in [0.15, 0.2) is 0 Å². The summed E-state index contributed by atoms with van der Waals surface area (Å²) in [6, 6.07) is -11.4. The summed E-state index contributed by atoms with van der Waals surface area (Å²) in [6.07, 6.45) is 0.452. The maximum atomic E-state index is 14.2. The first kappa shape index (κ1) is 62.1. The largest absolute Gasteiger partial charge is 0.481 e. The lowest BCUT2D eigenvalue weighted by atomic mass is 9.94. The summed E-state index contributed by atoms with van der Waals surface area (Å²) in [5.74, 6) is -12.6. The zero-order valence-corrected chi connectivity index (χ0v) is 40.2. The molecule has 0 rings (SSSR count). The van der Waals surface area contributed by atoms with E-state index in [1.54, 1.807) is 41.5 Å². The van der Waals surface area contributed by atoms with Gasteiger partial charge in [0.2, 0.25) is 53.2 Å². The summed E-state index contributed by atoms with van der Waals surface area (Å²) in [7, 11) is 0. The SMILES string of the molecule is CC[C@H](C)[C@H](NC(=O)[C@H](CC(=O)O)NC(=O)[C@H](CCCCN)NC(=O)[C@H](CCCCN)NC(=O)[C@@H](NC(=O)[C@@H](NC(=O)[C@H](CC(N)=O)NC(=O)[C@@H](N)CCC(N)=O)[C@@H](C)CC)[C@@H](C)CC)C(=O)O. The summed E-state index contributed by atoms with van der Waals surface area (Å²) in [4.78, 5) is 143. The van der Waals surface area contributed by atoms with Gasteiger partial charge in [-0.25, -0.2) is 4.79 Å². The highest BCUT2D eigenvalue weighted by molar-refractivity contribution is 5.99. The lowest BCUT2D eigenvalue weighted by Gasteiger charge is -2.31. The molecule has 19 N–H and O–H groups in total. The van der Waals surface area contributed by atoms with Gasteiger partial charge in [-0.15, -0.1) is 0 Å². The van der Waals surface area contributed by atoms with E-state index in [0.29, 0.717) is 44.9 Å². The van der Waals surface area contributed by atoms with Crippen LogP contribution in [0.1, 0.15) is 125 Å². The molecule has 0 aromatic carbocycles. The molecule has 0 spiro atoms. The topological polar surface area (TPSA) is 443 Å². The number of aliphatic carboxylic acids is 2. The van der Waals surface area contributed by atoms with Crippen LogP contribution in [0.2, 0.25) is 0 Å². The van der Waals surface area contributed by atoms with E-state index in [-0.39, 0.29) is 38.8 Å². The van der Waals surface area contributed by atoms with E-state index in [1.165, 1.54) is 0 Å².